The minimum atomic E-state index is 0.509. The summed E-state index contributed by atoms with van der Waals surface area (Å²) in [4.78, 5) is 8.24. The molecular formula is C17H22ClN3O. The van der Waals surface area contributed by atoms with E-state index >= 15 is 0 Å². The normalized spacial score (nSPS) is 10.5. The molecule has 0 atom stereocenters. The number of nitrogens with zero attached hydrogens (tertiary/aromatic N) is 2. The highest BCUT2D eigenvalue weighted by Gasteiger charge is 2.07. The van der Waals surface area contributed by atoms with Crippen molar-refractivity contribution < 1.29 is 4.74 Å². The summed E-state index contributed by atoms with van der Waals surface area (Å²) in [6, 6.07) is 8.18. The van der Waals surface area contributed by atoms with Crippen LogP contribution in [0, 0.1) is 0 Å². The van der Waals surface area contributed by atoms with Crippen LogP contribution >= 0.6 is 11.6 Å². The van der Waals surface area contributed by atoms with E-state index in [-0.39, 0.29) is 0 Å². The summed E-state index contributed by atoms with van der Waals surface area (Å²) >= 11 is 6.07. The van der Waals surface area contributed by atoms with E-state index in [0.29, 0.717) is 18.3 Å². The van der Waals surface area contributed by atoms with Gasteiger partial charge in [-0.15, -0.1) is 0 Å². The maximum atomic E-state index is 6.07. The lowest BCUT2D eigenvalue weighted by Gasteiger charge is -2.13. The molecule has 0 aliphatic heterocycles. The monoisotopic (exact) mass is 319 g/mol. The first-order chi connectivity index (χ1) is 10.8. The third-order valence-electron chi connectivity index (χ3n) is 3.39. The van der Waals surface area contributed by atoms with Crippen molar-refractivity contribution in [2.75, 3.05) is 18.5 Å². The van der Waals surface area contributed by atoms with Gasteiger partial charge in [0.2, 0.25) is 0 Å². The molecule has 0 aliphatic carbocycles. The van der Waals surface area contributed by atoms with Crippen molar-refractivity contribution in [1.29, 1.82) is 0 Å². The number of aromatic nitrogens is 2. The molecule has 2 aromatic rings. The van der Waals surface area contributed by atoms with Gasteiger partial charge in [0, 0.05) is 5.56 Å². The van der Waals surface area contributed by atoms with Crippen LogP contribution < -0.4 is 10.1 Å². The topological polar surface area (TPSA) is 47.0 Å². The Morgan fingerprint density at radius 1 is 1.18 bits per heavy atom. The zero-order valence-electron chi connectivity index (χ0n) is 13.1. The first kappa shape index (κ1) is 16.6. The Morgan fingerprint density at radius 2 is 2.00 bits per heavy atom. The van der Waals surface area contributed by atoms with Crippen LogP contribution in [0.3, 0.4) is 0 Å². The van der Waals surface area contributed by atoms with E-state index in [4.69, 9.17) is 16.3 Å². The third kappa shape index (κ3) is 4.34. The number of para-hydroxylation sites is 1. The Balaban J connectivity index is 1.89. The second-order valence-electron chi connectivity index (χ2n) is 4.98. The van der Waals surface area contributed by atoms with Gasteiger partial charge in [-0.25, -0.2) is 9.97 Å². The molecule has 0 bridgehead atoms. The van der Waals surface area contributed by atoms with E-state index in [9.17, 15) is 0 Å². The Morgan fingerprint density at radius 3 is 2.77 bits per heavy atom. The van der Waals surface area contributed by atoms with Crippen molar-refractivity contribution in [3.05, 3.63) is 46.9 Å². The average molecular weight is 320 g/mol. The molecule has 118 valence electrons. The fraction of sp³-hybridized carbons (Fsp3) is 0.412. The summed E-state index contributed by atoms with van der Waals surface area (Å²) in [5, 5.41) is 3.77. The molecule has 1 N–H and O–H groups in total. The second-order valence-corrected chi connectivity index (χ2v) is 5.34. The minimum Gasteiger partial charge on any atom is -0.491 e. The summed E-state index contributed by atoms with van der Waals surface area (Å²) in [5.74, 6) is 1.75. The van der Waals surface area contributed by atoms with Crippen molar-refractivity contribution >= 4 is 17.4 Å². The van der Waals surface area contributed by atoms with Crippen molar-refractivity contribution in [2.45, 2.75) is 33.1 Å². The highest BCUT2D eigenvalue weighted by Crippen LogP contribution is 2.21. The van der Waals surface area contributed by atoms with Gasteiger partial charge in [0.05, 0.1) is 6.54 Å². The molecule has 2 rings (SSSR count). The van der Waals surface area contributed by atoms with Crippen LogP contribution in [0.25, 0.3) is 0 Å². The molecule has 0 fully saturated rings. The summed E-state index contributed by atoms with van der Waals surface area (Å²) in [5.41, 5.74) is 2.19. The van der Waals surface area contributed by atoms with E-state index in [0.717, 1.165) is 36.4 Å². The van der Waals surface area contributed by atoms with Crippen LogP contribution in [0.1, 0.15) is 31.4 Å². The van der Waals surface area contributed by atoms with Crippen molar-refractivity contribution in [2.24, 2.45) is 0 Å². The first-order valence-corrected chi connectivity index (χ1v) is 8.08. The van der Waals surface area contributed by atoms with Crippen LogP contribution in [-0.4, -0.2) is 23.1 Å². The van der Waals surface area contributed by atoms with Crippen LogP contribution in [0.2, 0.25) is 5.15 Å². The van der Waals surface area contributed by atoms with E-state index in [1.807, 2.05) is 25.1 Å². The lowest BCUT2D eigenvalue weighted by Crippen LogP contribution is -2.14. The van der Waals surface area contributed by atoms with E-state index in [1.54, 1.807) is 0 Å². The van der Waals surface area contributed by atoms with Crippen LogP contribution in [0.5, 0.6) is 5.75 Å². The van der Waals surface area contributed by atoms with Gasteiger partial charge in [-0.1, -0.05) is 50.1 Å². The van der Waals surface area contributed by atoms with Gasteiger partial charge >= 0.3 is 0 Å². The van der Waals surface area contributed by atoms with Crippen molar-refractivity contribution in [1.82, 2.24) is 9.97 Å². The van der Waals surface area contributed by atoms with Gasteiger partial charge in [-0.2, -0.15) is 0 Å². The molecule has 22 heavy (non-hydrogen) atoms. The van der Waals surface area contributed by atoms with Gasteiger partial charge in [-0.3, -0.25) is 0 Å². The highest BCUT2D eigenvalue weighted by molar-refractivity contribution is 6.30. The standard InChI is InChI=1S/C17H22ClN3O/c1-3-7-13-8-5-6-9-15(13)22-11-10-19-17-14(4-2)16(18)20-12-21-17/h5-6,8-9,12H,3-4,7,10-11H2,1-2H3,(H,19,20,21). The number of halogens is 1. The molecule has 0 saturated heterocycles. The van der Waals surface area contributed by atoms with Gasteiger partial charge in [0.1, 0.15) is 29.7 Å². The maximum Gasteiger partial charge on any atom is 0.137 e. The zero-order chi connectivity index (χ0) is 15.8. The van der Waals surface area contributed by atoms with Gasteiger partial charge < -0.3 is 10.1 Å². The average Bonchev–Trinajstić information content (AvgIpc) is 2.53. The fourth-order valence-corrected chi connectivity index (χ4v) is 2.57. The number of anilines is 1. The number of nitrogens with one attached hydrogen (secondary N) is 1. The molecule has 4 nitrogen and oxygen atoms in total. The lowest BCUT2D eigenvalue weighted by atomic mass is 10.1. The van der Waals surface area contributed by atoms with Gasteiger partial charge in [0.25, 0.3) is 0 Å². The van der Waals surface area contributed by atoms with Crippen LogP contribution in [0.15, 0.2) is 30.6 Å². The summed E-state index contributed by atoms with van der Waals surface area (Å²) in [7, 11) is 0. The molecule has 5 heteroatoms. The fourth-order valence-electron chi connectivity index (χ4n) is 2.31. The lowest BCUT2D eigenvalue weighted by molar-refractivity contribution is 0.329. The molecule has 1 aromatic carbocycles. The number of hydrogen-bond donors (Lipinski definition) is 1. The van der Waals surface area contributed by atoms with E-state index < -0.39 is 0 Å². The van der Waals surface area contributed by atoms with Gasteiger partial charge in [-0.05, 0) is 24.5 Å². The maximum absolute atomic E-state index is 6.07. The smallest absolute Gasteiger partial charge is 0.137 e. The quantitative estimate of drug-likeness (QED) is 0.587. The number of aryl methyl sites for hydroxylation is 1. The molecule has 0 saturated carbocycles. The Labute approximate surface area is 136 Å². The third-order valence-corrected chi connectivity index (χ3v) is 3.72. The second kappa shape index (κ2) is 8.59. The predicted octanol–water partition coefficient (Wildman–Crippen LogP) is 4.14. The summed E-state index contributed by atoms with van der Waals surface area (Å²) in [6.45, 7) is 5.45. The SMILES string of the molecule is CCCc1ccccc1OCCNc1ncnc(Cl)c1CC. The molecule has 1 aromatic heterocycles. The minimum absolute atomic E-state index is 0.509. The zero-order valence-corrected chi connectivity index (χ0v) is 13.9. The molecule has 0 radical (unpaired) electrons. The number of benzene rings is 1. The molecule has 0 aliphatic rings. The van der Waals surface area contributed by atoms with Crippen LogP contribution in [-0.2, 0) is 12.8 Å². The number of ether oxygens (including phenoxy) is 1. The van der Waals surface area contributed by atoms with Crippen molar-refractivity contribution in [3.8, 4) is 5.75 Å². The Hall–Kier alpha value is -1.81. The summed E-state index contributed by atoms with van der Waals surface area (Å²) in [6.07, 6.45) is 4.41. The Bertz CT molecular complexity index is 604. The molecule has 1 heterocycles. The first-order valence-electron chi connectivity index (χ1n) is 7.70. The Kier molecular flexibility index (Phi) is 6.46. The predicted molar refractivity (Wildman–Crippen MR) is 90.8 cm³/mol. The molecular weight excluding hydrogens is 298 g/mol. The van der Waals surface area contributed by atoms with E-state index in [1.165, 1.54) is 11.9 Å². The van der Waals surface area contributed by atoms with Crippen LogP contribution in [0.4, 0.5) is 5.82 Å². The molecule has 0 unspecified atom stereocenters. The van der Waals surface area contributed by atoms with E-state index in [2.05, 4.69) is 28.3 Å². The highest BCUT2D eigenvalue weighted by atomic mass is 35.5. The molecule has 0 spiro atoms. The number of hydrogen-bond acceptors (Lipinski definition) is 4. The summed E-state index contributed by atoms with van der Waals surface area (Å²) < 4.78 is 5.88. The number of rotatable bonds is 8. The van der Waals surface area contributed by atoms with Gasteiger partial charge in [0.15, 0.2) is 0 Å². The molecule has 0 amide bonds. The van der Waals surface area contributed by atoms with Crippen molar-refractivity contribution in [3.63, 3.8) is 0 Å². The largest absolute Gasteiger partial charge is 0.491 e.